The molecule has 0 fully saturated rings. The molecule has 2 amide bonds. The summed E-state index contributed by atoms with van der Waals surface area (Å²) < 4.78 is 0. The summed E-state index contributed by atoms with van der Waals surface area (Å²) in [7, 11) is 0. The quantitative estimate of drug-likeness (QED) is 0.668. The maximum atomic E-state index is 12.3. The van der Waals surface area contributed by atoms with E-state index in [4.69, 9.17) is 23.2 Å². The van der Waals surface area contributed by atoms with Gasteiger partial charge in [-0.25, -0.2) is 0 Å². The van der Waals surface area contributed by atoms with Crippen molar-refractivity contribution in [3.8, 4) is 0 Å². The van der Waals surface area contributed by atoms with Gasteiger partial charge in [0.2, 0.25) is 0 Å². The predicted molar refractivity (Wildman–Crippen MR) is 102 cm³/mol. The van der Waals surface area contributed by atoms with Gasteiger partial charge < -0.3 is 15.5 Å². The van der Waals surface area contributed by atoms with Crippen LogP contribution in [0.3, 0.4) is 0 Å². The summed E-state index contributed by atoms with van der Waals surface area (Å²) in [6.07, 6.45) is 0. The molecule has 0 aliphatic rings. The Morgan fingerprint density at radius 1 is 1.16 bits per heavy atom. The van der Waals surface area contributed by atoms with Crippen molar-refractivity contribution in [3.63, 3.8) is 0 Å². The van der Waals surface area contributed by atoms with E-state index in [-0.39, 0.29) is 36.5 Å². The molecule has 0 aliphatic carbocycles. The zero-order valence-electron chi connectivity index (χ0n) is 15.5. The molecule has 2 atom stereocenters. The molecule has 0 spiro atoms. The van der Waals surface area contributed by atoms with Crippen LogP contribution >= 0.6 is 23.2 Å². The van der Waals surface area contributed by atoms with E-state index in [2.05, 4.69) is 10.6 Å². The van der Waals surface area contributed by atoms with Gasteiger partial charge in [0, 0.05) is 15.6 Å². The van der Waals surface area contributed by atoms with Gasteiger partial charge in [0.15, 0.2) is 13.1 Å². The number of hydrogen-bond acceptors (Lipinski definition) is 2. The van der Waals surface area contributed by atoms with Crippen LogP contribution in [0.15, 0.2) is 18.2 Å². The first-order chi connectivity index (χ1) is 11.5. The highest BCUT2D eigenvalue weighted by molar-refractivity contribution is 6.35. The molecule has 0 bridgehead atoms. The molecule has 140 valence electrons. The second kappa shape index (κ2) is 9.41. The summed E-state index contributed by atoms with van der Waals surface area (Å²) in [6.45, 7) is 10.8. The molecule has 1 aromatic carbocycles. The molecule has 0 heterocycles. The molecule has 0 saturated carbocycles. The largest absolute Gasteiger partial charge is 0.347 e. The Morgan fingerprint density at radius 2 is 1.76 bits per heavy atom. The summed E-state index contributed by atoms with van der Waals surface area (Å²) in [6, 6.07) is 4.96. The molecule has 0 radical (unpaired) electrons. The Labute approximate surface area is 160 Å². The monoisotopic (exact) mass is 388 g/mol. The minimum absolute atomic E-state index is 0.0639. The minimum Gasteiger partial charge on any atom is -0.347 e. The second-order valence-corrected chi connectivity index (χ2v) is 8.05. The number of benzene rings is 1. The number of amides is 2. The first kappa shape index (κ1) is 21.7. The molecule has 1 rings (SSSR count). The van der Waals surface area contributed by atoms with E-state index < -0.39 is 0 Å². The summed E-state index contributed by atoms with van der Waals surface area (Å²) >= 11 is 12.1. The number of carbonyl (C=O) groups is 2. The van der Waals surface area contributed by atoms with E-state index in [0.717, 1.165) is 10.5 Å². The zero-order valence-corrected chi connectivity index (χ0v) is 17.0. The van der Waals surface area contributed by atoms with Crippen LogP contribution in [0.1, 0.15) is 46.2 Å². The Hall–Kier alpha value is -1.30. The number of likely N-dealkylation sites (N-methyl/N-ethyl adjacent to an activating group) is 1. The van der Waals surface area contributed by atoms with Crippen molar-refractivity contribution in [2.45, 2.75) is 46.2 Å². The Morgan fingerprint density at radius 3 is 2.28 bits per heavy atom. The van der Waals surface area contributed by atoms with E-state index in [1.807, 2.05) is 34.6 Å². The predicted octanol–water partition coefficient (Wildman–Crippen LogP) is 1.99. The average Bonchev–Trinajstić information content (AvgIpc) is 2.43. The zero-order chi connectivity index (χ0) is 19.2. The van der Waals surface area contributed by atoms with Gasteiger partial charge in [-0.05, 0) is 52.3 Å². The third kappa shape index (κ3) is 8.08. The van der Waals surface area contributed by atoms with Gasteiger partial charge in [-0.3, -0.25) is 9.59 Å². The summed E-state index contributed by atoms with van der Waals surface area (Å²) in [5.41, 5.74) is 0.529. The first-order valence-electron chi connectivity index (χ1n) is 8.40. The molecule has 1 unspecified atom stereocenters. The molecular formula is C18H28Cl2N3O2+. The van der Waals surface area contributed by atoms with Crippen LogP contribution in [0.5, 0.6) is 0 Å². The van der Waals surface area contributed by atoms with Crippen molar-refractivity contribution in [2.75, 3.05) is 19.6 Å². The SMILES string of the molecule is CC[NH+](CC(=O)N[C@H](C)c1ccc(Cl)cc1Cl)CC(=O)NC(C)(C)C. The topological polar surface area (TPSA) is 62.6 Å². The van der Waals surface area contributed by atoms with Crippen molar-refractivity contribution in [2.24, 2.45) is 0 Å². The molecule has 5 nitrogen and oxygen atoms in total. The summed E-state index contributed by atoms with van der Waals surface area (Å²) in [5, 5.41) is 6.91. The Bertz CT molecular complexity index is 615. The molecular weight excluding hydrogens is 361 g/mol. The normalized spacial score (nSPS) is 13.9. The van der Waals surface area contributed by atoms with Crippen LogP contribution in [0.2, 0.25) is 10.0 Å². The van der Waals surface area contributed by atoms with Gasteiger partial charge in [-0.1, -0.05) is 29.3 Å². The third-order valence-corrected chi connectivity index (χ3v) is 4.20. The van der Waals surface area contributed by atoms with Gasteiger partial charge in [0.05, 0.1) is 12.6 Å². The fraction of sp³-hybridized carbons (Fsp3) is 0.556. The molecule has 1 aromatic rings. The highest BCUT2D eigenvalue weighted by Gasteiger charge is 2.21. The van der Waals surface area contributed by atoms with E-state index in [0.29, 0.717) is 16.6 Å². The molecule has 25 heavy (non-hydrogen) atoms. The van der Waals surface area contributed by atoms with Crippen molar-refractivity contribution in [3.05, 3.63) is 33.8 Å². The van der Waals surface area contributed by atoms with E-state index in [1.165, 1.54) is 0 Å². The molecule has 0 aromatic heterocycles. The van der Waals surface area contributed by atoms with Crippen LogP contribution in [0.25, 0.3) is 0 Å². The number of quaternary nitrogens is 1. The number of nitrogens with one attached hydrogen (secondary N) is 3. The van der Waals surface area contributed by atoms with Crippen LogP contribution in [-0.4, -0.2) is 37.0 Å². The third-order valence-electron chi connectivity index (χ3n) is 3.64. The summed E-state index contributed by atoms with van der Waals surface area (Å²) in [4.78, 5) is 25.2. The van der Waals surface area contributed by atoms with Gasteiger partial charge in [0.1, 0.15) is 0 Å². The maximum absolute atomic E-state index is 12.3. The van der Waals surface area contributed by atoms with Crippen molar-refractivity contribution in [1.82, 2.24) is 10.6 Å². The van der Waals surface area contributed by atoms with Crippen LogP contribution < -0.4 is 15.5 Å². The number of rotatable bonds is 7. The second-order valence-electron chi connectivity index (χ2n) is 7.21. The Kier molecular flexibility index (Phi) is 8.19. The smallest absolute Gasteiger partial charge is 0.275 e. The highest BCUT2D eigenvalue weighted by atomic mass is 35.5. The lowest BCUT2D eigenvalue weighted by Crippen LogP contribution is -3.14. The fourth-order valence-electron chi connectivity index (χ4n) is 2.45. The van der Waals surface area contributed by atoms with Crippen LogP contribution in [0, 0.1) is 0 Å². The molecule has 3 N–H and O–H groups in total. The van der Waals surface area contributed by atoms with E-state index >= 15 is 0 Å². The van der Waals surface area contributed by atoms with Crippen LogP contribution in [0.4, 0.5) is 0 Å². The number of hydrogen-bond donors (Lipinski definition) is 3. The summed E-state index contributed by atoms with van der Waals surface area (Å²) in [5.74, 6) is -0.190. The van der Waals surface area contributed by atoms with Crippen LogP contribution in [-0.2, 0) is 9.59 Å². The molecule has 7 heteroatoms. The molecule has 0 aliphatic heterocycles. The highest BCUT2D eigenvalue weighted by Crippen LogP contribution is 2.25. The van der Waals surface area contributed by atoms with Gasteiger partial charge in [0.25, 0.3) is 11.8 Å². The number of halogens is 2. The van der Waals surface area contributed by atoms with Crippen molar-refractivity contribution < 1.29 is 14.5 Å². The molecule has 0 saturated heterocycles. The van der Waals surface area contributed by atoms with E-state index in [9.17, 15) is 9.59 Å². The standard InChI is InChI=1S/C18H27Cl2N3O2/c1-6-23(11-17(25)22-18(3,4)5)10-16(24)21-12(2)14-8-7-13(19)9-15(14)20/h7-9,12H,6,10-11H2,1-5H3,(H,21,24)(H,22,25)/p+1/t12-/m1/s1. The van der Waals surface area contributed by atoms with Crippen molar-refractivity contribution >= 4 is 35.0 Å². The average molecular weight is 389 g/mol. The number of carbonyl (C=O) groups excluding carboxylic acids is 2. The lowest BCUT2D eigenvalue weighted by molar-refractivity contribution is -0.881. The van der Waals surface area contributed by atoms with Gasteiger partial charge in [-0.15, -0.1) is 0 Å². The Balaban J connectivity index is 2.59. The maximum Gasteiger partial charge on any atom is 0.275 e. The van der Waals surface area contributed by atoms with E-state index in [1.54, 1.807) is 18.2 Å². The lowest BCUT2D eigenvalue weighted by Gasteiger charge is -2.23. The lowest BCUT2D eigenvalue weighted by atomic mass is 10.1. The minimum atomic E-state index is -0.280. The first-order valence-corrected chi connectivity index (χ1v) is 9.16. The van der Waals surface area contributed by atoms with Crippen molar-refractivity contribution in [1.29, 1.82) is 0 Å². The fourth-order valence-corrected chi connectivity index (χ4v) is 3.02. The van der Waals surface area contributed by atoms with Gasteiger partial charge in [-0.2, -0.15) is 0 Å². The van der Waals surface area contributed by atoms with Gasteiger partial charge >= 0.3 is 0 Å².